The fourth-order valence-corrected chi connectivity index (χ4v) is 3.61. The van der Waals surface area contributed by atoms with Gasteiger partial charge >= 0.3 is 0 Å². The van der Waals surface area contributed by atoms with E-state index in [-0.39, 0.29) is 11.9 Å². The van der Waals surface area contributed by atoms with Crippen molar-refractivity contribution in [3.63, 3.8) is 0 Å². The quantitative estimate of drug-likeness (QED) is 0.835. The molecule has 1 aliphatic heterocycles. The Morgan fingerprint density at radius 1 is 1.47 bits per heavy atom. The van der Waals surface area contributed by atoms with Crippen LogP contribution >= 0.6 is 0 Å². The maximum Gasteiger partial charge on any atom is 0.123 e. The van der Waals surface area contributed by atoms with Gasteiger partial charge in [0.2, 0.25) is 0 Å². The van der Waals surface area contributed by atoms with Crippen LogP contribution < -0.4 is 4.74 Å². The molecule has 1 aliphatic rings. The Bertz CT molecular complexity index is 444. The van der Waals surface area contributed by atoms with Gasteiger partial charge in [-0.15, -0.1) is 0 Å². The molecule has 0 saturated carbocycles. The van der Waals surface area contributed by atoms with Crippen LogP contribution in [0.4, 0.5) is 4.39 Å². The molecule has 0 aliphatic carbocycles. The number of benzene rings is 1. The lowest BCUT2D eigenvalue weighted by Crippen LogP contribution is -2.25. The summed E-state index contributed by atoms with van der Waals surface area (Å²) < 4.78 is 36.1. The Morgan fingerprint density at radius 3 is 3.00 bits per heavy atom. The summed E-state index contributed by atoms with van der Waals surface area (Å²) in [7, 11) is 0.471. The Kier molecular flexibility index (Phi) is 5.34. The maximum absolute atomic E-state index is 13.2. The lowest BCUT2D eigenvalue weighted by molar-refractivity contribution is 0.0310. The van der Waals surface area contributed by atoms with E-state index < -0.39 is 10.8 Å². The van der Waals surface area contributed by atoms with Gasteiger partial charge in [-0.25, -0.2) is 4.39 Å². The second-order valence-electron chi connectivity index (χ2n) is 4.70. The van der Waals surface area contributed by atoms with Crippen LogP contribution in [0.3, 0.4) is 0 Å². The lowest BCUT2D eigenvalue weighted by Gasteiger charge is -2.22. The summed E-state index contributed by atoms with van der Waals surface area (Å²) in [6.45, 7) is 0.755. The van der Waals surface area contributed by atoms with Gasteiger partial charge in [0, 0.05) is 23.0 Å². The SMILES string of the molecule is COc1ccc(F)cc1C[S@@](=O)C[C@H]1CCCCO1. The largest absolute Gasteiger partial charge is 0.496 e. The second-order valence-corrected chi connectivity index (χ2v) is 6.20. The summed E-state index contributed by atoms with van der Waals surface area (Å²) in [6, 6.07) is 4.30. The molecule has 1 heterocycles. The summed E-state index contributed by atoms with van der Waals surface area (Å²) in [5.74, 6) is 1.07. The topological polar surface area (TPSA) is 35.5 Å². The van der Waals surface area contributed by atoms with Crippen molar-refractivity contribution in [1.82, 2.24) is 0 Å². The van der Waals surface area contributed by atoms with Crippen LogP contribution in [0.5, 0.6) is 5.75 Å². The molecule has 1 aromatic rings. The minimum Gasteiger partial charge on any atom is -0.496 e. The van der Waals surface area contributed by atoms with Gasteiger partial charge in [0.1, 0.15) is 11.6 Å². The Hall–Kier alpha value is -0.940. The monoisotopic (exact) mass is 286 g/mol. The van der Waals surface area contributed by atoms with Crippen molar-refractivity contribution in [2.75, 3.05) is 19.5 Å². The van der Waals surface area contributed by atoms with Crippen LogP contribution in [0.1, 0.15) is 24.8 Å². The molecule has 106 valence electrons. The Balaban J connectivity index is 1.95. The number of rotatable bonds is 5. The van der Waals surface area contributed by atoms with Crippen molar-refractivity contribution in [2.24, 2.45) is 0 Å². The Morgan fingerprint density at radius 2 is 2.32 bits per heavy atom. The van der Waals surface area contributed by atoms with Crippen molar-refractivity contribution < 1.29 is 18.1 Å². The van der Waals surface area contributed by atoms with E-state index in [9.17, 15) is 8.60 Å². The number of halogens is 1. The van der Waals surface area contributed by atoms with E-state index >= 15 is 0 Å². The van der Waals surface area contributed by atoms with Crippen molar-refractivity contribution in [2.45, 2.75) is 31.1 Å². The summed E-state index contributed by atoms with van der Waals surface area (Å²) in [6.07, 6.45) is 3.26. The highest BCUT2D eigenvalue weighted by Gasteiger charge is 2.18. The highest BCUT2D eigenvalue weighted by Crippen LogP contribution is 2.22. The zero-order valence-electron chi connectivity index (χ0n) is 11.1. The predicted octanol–water partition coefficient (Wildman–Crippen LogP) is 2.65. The molecule has 2 atom stereocenters. The molecule has 0 aromatic heterocycles. The molecule has 0 N–H and O–H groups in total. The summed E-state index contributed by atoms with van der Waals surface area (Å²) in [4.78, 5) is 0. The first-order valence-electron chi connectivity index (χ1n) is 6.48. The third-order valence-electron chi connectivity index (χ3n) is 3.20. The molecule has 1 saturated heterocycles. The van der Waals surface area contributed by atoms with Gasteiger partial charge in [0.15, 0.2) is 0 Å². The van der Waals surface area contributed by atoms with E-state index in [1.807, 2.05) is 0 Å². The maximum atomic E-state index is 13.2. The summed E-state index contributed by atoms with van der Waals surface area (Å²) in [5, 5.41) is 0. The Labute approximate surface area is 115 Å². The summed E-state index contributed by atoms with van der Waals surface area (Å²) >= 11 is 0. The van der Waals surface area contributed by atoms with Crippen molar-refractivity contribution in [3.8, 4) is 5.75 Å². The highest BCUT2D eigenvalue weighted by atomic mass is 32.2. The number of hydrogen-bond acceptors (Lipinski definition) is 3. The van der Waals surface area contributed by atoms with Gasteiger partial charge < -0.3 is 9.47 Å². The van der Waals surface area contributed by atoms with E-state index in [2.05, 4.69) is 0 Å². The zero-order valence-corrected chi connectivity index (χ0v) is 11.9. The van der Waals surface area contributed by atoms with Gasteiger partial charge in [-0.2, -0.15) is 0 Å². The fourth-order valence-electron chi connectivity index (χ4n) is 2.24. The van der Waals surface area contributed by atoms with E-state index in [0.717, 1.165) is 25.9 Å². The van der Waals surface area contributed by atoms with Crippen LogP contribution in [0.25, 0.3) is 0 Å². The average Bonchev–Trinajstić information content (AvgIpc) is 2.40. The third-order valence-corrected chi connectivity index (χ3v) is 4.58. The average molecular weight is 286 g/mol. The molecule has 0 spiro atoms. The first-order chi connectivity index (χ1) is 9.19. The fraction of sp³-hybridized carbons (Fsp3) is 0.571. The number of hydrogen-bond donors (Lipinski definition) is 0. The minimum absolute atomic E-state index is 0.0779. The smallest absolute Gasteiger partial charge is 0.123 e. The minimum atomic E-state index is -1.06. The van der Waals surface area contributed by atoms with Crippen molar-refractivity contribution in [3.05, 3.63) is 29.6 Å². The van der Waals surface area contributed by atoms with Gasteiger partial charge in [-0.1, -0.05) is 0 Å². The normalized spacial score (nSPS) is 21.1. The van der Waals surface area contributed by atoms with Crippen LogP contribution in [-0.4, -0.2) is 29.8 Å². The van der Waals surface area contributed by atoms with E-state index in [1.54, 1.807) is 6.07 Å². The van der Waals surface area contributed by atoms with Gasteiger partial charge in [-0.3, -0.25) is 4.21 Å². The third kappa shape index (κ3) is 4.28. The first-order valence-corrected chi connectivity index (χ1v) is 7.97. The molecule has 0 bridgehead atoms. The molecule has 5 heteroatoms. The van der Waals surface area contributed by atoms with E-state index in [1.165, 1.54) is 19.2 Å². The molecule has 0 radical (unpaired) electrons. The second kappa shape index (κ2) is 7.01. The molecular weight excluding hydrogens is 267 g/mol. The molecular formula is C14H19FO3S. The molecule has 2 rings (SSSR count). The molecule has 19 heavy (non-hydrogen) atoms. The molecule has 3 nitrogen and oxygen atoms in total. The first kappa shape index (κ1) is 14.5. The van der Waals surface area contributed by atoms with Crippen LogP contribution in [0.15, 0.2) is 18.2 Å². The van der Waals surface area contributed by atoms with Gasteiger partial charge in [-0.05, 0) is 37.5 Å². The molecule has 1 aromatic carbocycles. The van der Waals surface area contributed by atoms with Crippen molar-refractivity contribution >= 4 is 10.8 Å². The molecule has 0 unspecified atom stereocenters. The van der Waals surface area contributed by atoms with E-state index in [4.69, 9.17) is 9.47 Å². The highest BCUT2D eigenvalue weighted by molar-refractivity contribution is 7.84. The number of methoxy groups -OCH3 is 1. The molecule has 0 amide bonds. The standard InChI is InChI=1S/C14H19FO3S/c1-17-14-6-5-12(15)8-11(14)9-19(16)10-13-4-2-3-7-18-13/h5-6,8,13H,2-4,7,9-10H2,1H3/t13-,19-/m1/s1. The van der Waals surface area contributed by atoms with Crippen LogP contribution in [0, 0.1) is 5.82 Å². The predicted molar refractivity (Wildman–Crippen MR) is 73.3 cm³/mol. The summed E-state index contributed by atoms with van der Waals surface area (Å²) in [5.41, 5.74) is 0.650. The molecule has 1 fully saturated rings. The van der Waals surface area contributed by atoms with E-state index in [0.29, 0.717) is 22.8 Å². The van der Waals surface area contributed by atoms with Gasteiger partial charge in [0.25, 0.3) is 0 Å². The van der Waals surface area contributed by atoms with Gasteiger partial charge in [0.05, 0.1) is 24.7 Å². The van der Waals surface area contributed by atoms with Crippen LogP contribution in [0.2, 0.25) is 0 Å². The zero-order chi connectivity index (χ0) is 13.7. The van der Waals surface area contributed by atoms with Crippen molar-refractivity contribution in [1.29, 1.82) is 0 Å². The van der Waals surface area contributed by atoms with Crippen LogP contribution in [-0.2, 0) is 21.3 Å². The number of ether oxygens (including phenoxy) is 2. The lowest BCUT2D eigenvalue weighted by atomic mass is 10.1.